The largest absolute Gasteiger partial charge is 0.465 e. The Labute approximate surface area is 250 Å². The summed E-state index contributed by atoms with van der Waals surface area (Å²) < 4.78 is 112. The molecule has 1 aliphatic carbocycles. The molecule has 3 aliphatic rings. The number of aromatic amines is 1. The number of carbonyl (C=O) groups excluding carboxylic acids is 1. The smallest absolute Gasteiger partial charge is 0.282 e. The van der Waals surface area contributed by atoms with E-state index in [1.54, 1.807) is 6.92 Å². The third kappa shape index (κ3) is 5.51. The van der Waals surface area contributed by atoms with Crippen LogP contribution < -0.4 is 4.72 Å². The zero-order valence-corrected chi connectivity index (χ0v) is 25.0. The Balaban J connectivity index is 1.39. The third-order valence-corrected chi connectivity index (χ3v) is 10.7. The number of sulfonamides is 1. The summed E-state index contributed by atoms with van der Waals surface area (Å²) in [4.78, 5) is 21.9. The first kappa shape index (κ1) is 31.0. The summed E-state index contributed by atoms with van der Waals surface area (Å²) >= 11 is 0. The van der Waals surface area contributed by atoms with E-state index in [2.05, 4.69) is 14.7 Å². The lowest BCUT2D eigenvalue weighted by atomic mass is 9.72. The van der Waals surface area contributed by atoms with E-state index in [0.717, 1.165) is 4.90 Å². The van der Waals surface area contributed by atoms with Gasteiger partial charge in [-0.05, 0) is 57.6 Å². The lowest BCUT2D eigenvalue weighted by Crippen LogP contribution is -2.63. The topological polar surface area (TPSA) is 118 Å². The van der Waals surface area contributed by atoms with E-state index in [-0.39, 0.29) is 72.0 Å². The van der Waals surface area contributed by atoms with Crippen LogP contribution in [0.5, 0.6) is 0 Å². The molecule has 1 aromatic carbocycles. The molecule has 2 saturated heterocycles. The van der Waals surface area contributed by atoms with Gasteiger partial charge in [0.1, 0.15) is 27.8 Å². The van der Waals surface area contributed by atoms with Gasteiger partial charge in [-0.3, -0.25) is 4.79 Å². The number of ether oxygens (including phenoxy) is 1. The molecule has 0 bridgehead atoms. The minimum atomic E-state index is -4.22. The maximum Gasteiger partial charge on any atom is 0.282 e. The van der Waals surface area contributed by atoms with Crippen LogP contribution in [0.2, 0.25) is 0 Å². The first-order valence-corrected chi connectivity index (χ1v) is 16.0. The number of hydrogen-bond donors (Lipinski definition) is 2. The van der Waals surface area contributed by atoms with Crippen LogP contribution in [0.15, 0.2) is 27.5 Å². The summed E-state index contributed by atoms with van der Waals surface area (Å²) in [6, 6.07) is 3.16. The van der Waals surface area contributed by atoms with Crippen LogP contribution in [0.4, 0.5) is 22.0 Å². The first-order chi connectivity index (χ1) is 20.6. The molecule has 1 atom stereocenters. The fourth-order valence-corrected chi connectivity index (χ4v) is 8.24. The summed E-state index contributed by atoms with van der Waals surface area (Å²) in [5, 5.41) is 0. The summed E-state index contributed by atoms with van der Waals surface area (Å²) in [5.74, 6) is -7.37. The fraction of sp³-hybridized carbons (Fsp3) is 0.586. The van der Waals surface area contributed by atoms with Crippen molar-refractivity contribution in [2.24, 2.45) is 5.92 Å². The molecule has 3 aromatic rings. The third-order valence-electron chi connectivity index (χ3n) is 9.11. The number of benzene rings is 1. The standard InChI is InChI=1S/C29H33F5N4O5S/c1-16-13-21(17(2)43-16)44(40,41)37-23(18-5-7-28(31,32)8-6-18)25-35-20-4-3-19(22(30)24(20)36-25)27(9-11-42-12-10-27)26(39)38-14-29(33,34)15-38/h3-4,13,18,23,37H,5-12,14-15H2,1-2H3,(H,35,36). The summed E-state index contributed by atoms with van der Waals surface area (Å²) in [5.41, 5.74) is -1.43. The summed E-state index contributed by atoms with van der Waals surface area (Å²) in [6.07, 6.45) is -0.744. The van der Waals surface area contributed by atoms with Gasteiger partial charge in [-0.25, -0.2) is 40.1 Å². The molecule has 1 saturated carbocycles. The molecule has 1 unspecified atom stereocenters. The van der Waals surface area contributed by atoms with Crippen molar-refractivity contribution in [2.75, 3.05) is 26.3 Å². The number of nitrogens with zero attached hydrogens (tertiary/aromatic N) is 2. The van der Waals surface area contributed by atoms with Gasteiger partial charge in [-0.15, -0.1) is 0 Å². The van der Waals surface area contributed by atoms with E-state index in [4.69, 9.17) is 9.15 Å². The molecule has 4 heterocycles. The molecular weight excluding hydrogens is 611 g/mol. The number of furan rings is 1. The molecule has 44 heavy (non-hydrogen) atoms. The van der Waals surface area contributed by atoms with Crippen LogP contribution in [0, 0.1) is 25.6 Å². The second kappa shape index (κ2) is 10.8. The number of likely N-dealkylation sites (tertiary alicyclic amines) is 1. The summed E-state index contributed by atoms with van der Waals surface area (Å²) in [6.45, 7) is 1.84. The van der Waals surface area contributed by atoms with E-state index >= 15 is 4.39 Å². The molecule has 6 rings (SSSR count). The lowest BCUT2D eigenvalue weighted by Gasteiger charge is -2.46. The number of nitrogens with one attached hydrogen (secondary N) is 2. The molecule has 240 valence electrons. The predicted molar refractivity (Wildman–Crippen MR) is 147 cm³/mol. The molecule has 0 radical (unpaired) electrons. The van der Waals surface area contributed by atoms with Crippen molar-refractivity contribution in [1.82, 2.24) is 19.6 Å². The van der Waals surface area contributed by atoms with E-state index in [9.17, 15) is 30.8 Å². The van der Waals surface area contributed by atoms with Gasteiger partial charge in [-0.2, -0.15) is 0 Å². The quantitative estimate of drug-likeness (QED) is 0.338. The maximum atomic E-state index is 16.4. The van der Waals surface area contributed by atoms with Crippen LogP contribution in [0.1, 0.15) is 67.5 Å². The van der Waals surface area contributed by atoms with Gasteiger partial charge < -0.3 is 19.0 Å². The van der Waals surface area contributed by atoms with E-state index in [1.165, 1.54) is 25.1 Å². The van der Waals surface area contributed by atoms with Gasteiger partial charge in [-0.1, -0.05) is 6.07 Å². The number of fused-ring (bicyclic) bond motifs is 1. The molecule has 1 amide bonds. The molecule has 2 aromatic heterocycles. The predicted octanol–water partition coefficient (Wildman–Crippen LogP) is 5.28. The number of H-pyrrole nitrogens is 1. The highest BCUT2D eigenvalue weighted by atomic mass is 32.2. The van der Waals surface area contributed by atoms with Crippen molar-refractivity contribution >= 4 is 27.0 Å². The van der Waals surface area contributed by atoms with Gasteiger partial charge in [0.2, 0.25) is 21.9 Å². The highest BCUT2D eigenvalue weighted by Gasteiger charge is 2.54. The maximum absolute atomic E-state index is 16.4. The number of halogens is 5. The highest BCUT2D eigenvalue weighted by Crippen LogP contribution is 2.44. The normalized spacial score (nSPS) is 22.6. The number of aryl methyl sites for hydroxylation is 2. The Morgan fingerprint density at radius 2 is 1.73 bits per heavy atom. The number of imidazole rings is 1. The van der Waals surface area contributed by atoms with Crippen molar-refractivity contribution in [3.8, 4) is 0 Å². The average Bonchev–Trinajstić information content (AvgIpc) is 3.54. The van der Waals surface area contributed by atoms with Crippen molar-refractivity contribution in [3.63, 3.8) is 0 Å². The lowest BCUT2D eigenvalue weighted by molar-refractivity contribution is -0.174. The highest BCUT2D eigenvalue weighted by molar-refractivity contribution is 7.89. The van der Waals surface area contributed by atoms with Gasteiger partial charge >= 0.3 is 0 Å². The monoisotopic (exact) mass is 644 g/mol. The molecule has 9 nitrogen and oxygen atoms in total. The van der Waals surface area contributed by atoms with Crippen molar-refractivity contribution in [2.45, 2.75) is 80.6 Å². The first-order valence-electron chi connectivity index (χ1n) is 14.5. The zero-order valence-electron chi connectivity index (χ0n) is 24.2. The van der Waals surface area contributed by atoms with E-state index in [1.807, 2.05) is 0 Å². The molecule has 15 heteroatoms. The number of alkyl halides is 4. The number of amides is 1. The van der Waals surface area contributed by atoms with Gasteiger partial charge in [0.25, 0.3) is 5.92 Å². The molecule has 2 N–H and O–H groups in total. The second-order valence-corrected chi connectivity index (χ2v) is 13.9. The number of rotatable bonds is 7. The van der Waals surface area contributed by atoms with Crippen molar-refractivity contribution in [1.29, 1.82) is 0 Å². The van der Waals surface area contributed by atoms with Gasteiger partial charge in [0.05, 0.1) is 30.1 Å². The number of aromatic nitrogens is 2. The second-order valence-electron chi connectivity index (χ2n) is 12.2. The van der Waals surface area contributed by atoms with Crippen molar-refractivity contribution < 1.29 is 44.3 Å². The molecular formula is C29H33F5N4O5S. The average molecular weight is 645 g/mol. The van der Waals surface area contributed by atoms with Crippen molar-refractivity contribution in [3.05, 3.63) is 46.9 Å². The van der Waals surface area contributed by atoms with Crippen LogP contribution in [-0.2, 0) is 25.0 Å². The van der Waals surface area contributed by atoms with E-state index < -0.39 is 76.9 Å². The Kier molecular flexibility index (Phi) is 7.60. The van der Waals surface area contributed by atoms with Crippen LogP contribution in [0.3, 0.4) is 0 Å². The Bertz CT molecular complexity index is 1680. The molecule has 3 fully saturated rings. The fourth-order valence-electron chi connectivity index (χ4n) is 6.73. The number of carbonyl (C=O) groups is 1. The van der Waals surface area contributed by atoms with Crippen LogP contribution >= 0.6 is 0 Å². The minimum absolute atomic E-state index is 0.00750. The molecule has 0 spiro atoms. The van der Waals surface area contributed by atoms with E-state index in [0.29, 0.717) is 5.76 Å². The Hall–Kier alpha value is -3.04. The Morgan fingerprint density at radius 1 is 1.07 bits per heavy atom. The minimum Gasteiger partial charge on any atom is -0.465 e. The Morgan fingerprint density at radius 3 is 2.32 bits per heavy atom. The van der Waals surface area contributed by atoms with Crippen LogP contribution in [0.25, 0.3) is 11.0 Å². The SMILES string of the molecule is Cc1cc(S(=O)(=O)NC(c2nc3c(F)c(C4(C(=O)N5CC(F)(F)C5)CCOCC4)ccc3[nH]2)C2CCC(F)(F)CC2)c(C)o1. The summed E-state index contributed by atoms with van der Waals surface area (Å²) in [7, 11) is -4.22. The van der Waals surface area contributed by atoms with Gasteiger partial charge in [0, 0.05) is 31.6 Å². The number of hydrogen-bond acceptors (Lipinski definition) is 6. The van der Waals surface area contributed by atoms with Gasteiger partial charge in [0.15, 0.2) is 5.82 Å². The molecule has 2 aliphatic heterocycles. The zero-order chi connectivity index (χ0) is 31.7. The van der Waals surface area contributed by atoms with Crippen LogP contribution in [-0.4, -0.2) is 67.3 Å².